The lowest BCUT2D eigenvalue weighted by molar-refractivity contribution is -0.140. The molecule has 2 rings (SSSR count). The van der Waals surface area contributed by atoms with Gasteiger partial charge in [0.1, 0.15) is 12.6 Å². The molecule has 0 aliphatic rings. The topological polar surface area (TPSA) is 86.8 Å². The standard InChI is InChI=1S/C24H29Cl4N3O4S/c1-5-15(3)29-24(33)20(6-2)30(13-16-10-11-17(25)19(27)12-16)22(32)14-31(36(4,34)35)21-9-7-8-18(26)23(21)28/h7-12,15,20H,5-6,13-14H2,1-4H3,(H,29,33)/t15-,20+/m0/s1. The van der Waals surface area contributed by atoms with Gasteiger partial charge in [0.05, 0.1) is 32.0 Å². The van der Waals surface area contributed by atoms with Crippen molar-refractivity contribution < 1.29 is 18.0 Å². The summed E-state index contributed by atoms with van der Waals surface area (Å²) >= 11 is 24.6. The highest BCUT2D eigenvalue weighted by molar-refractivity contribution is 7.92. The number of hydrogen-bond acceptors (Lipinski definition) is 4. The molecule has 0 aliphatic heterocycles. The first-order valence-corrected chi connectivity index (χ1v) is 14.6. The summed E-state index contributed by atoms with van der Waals surface area (Å²) in [5, 5.41) is 3.68. The summed E-state index contributed by atoms with van der Waals surface area (Å²) < 4.78 is 26.3. The lowest BCUT2D eigenvalue weighted by Gasteiger charge is -2.33. The maximum absolute atomic E-state index is 13.7. The number of sulfonamides is 1. The van der Waals surface area contributed by atoms with E-state index >= 15 is 0 Å². The van der Waals surface area contributed by atoms with Gasteiger partial charge in [0.15, 0.2) is 0 Å². The molecule has 0 heterocycles. The normalized spacial score (nSPS) is 13.1. The Morgan fingerprint density at radius 3 is 2.19 bits per heavy atom. The first-order valence-electron chi connectivity index (χ1n) is 11.3. The summed E-state index contributed by atoms with van der Waals surface area (Å²) in [7, 11) is -3.94. The molecule has 0 fully saturated rings. The number of amides is 2. The first-order chi connectivity index (χ1) is 16.8. The molecule has 0 saturated heterocycles. The minimum Gasteiger partial charge on any atom is -0.352 e. The SMILES string of the molecule is CC[C@H](C(=O)N[C@@H](C)CC)N(Cc1ccc(Cl)c(Cl)c1)C(=O)CN(c1cccc(Cl)c1Cl)S(C)(=O)=O. The van der Waals surface area contributed by atoms with Gasteiger partial charge in [-0.2, -0.15) is 0 Å². The monoisotopic (exact) mass is 595 g/mol. The molecule has 0 unspecified atom stereocenters. The third-order valence-corrected chi connectivity index (χ3v) is 8.28. The highest BCUT2D eigenvalue weighted by Crippen LogP contribution is 2.34. The Kier molecular flexibility index (Phi) is 11.2. The second kappa shape index (κ2) is 13.2. The smallest absolute Gasteiger partial charge is 0.244 e. The van der Waals surface area contributed by atoms with E-state index in [-0.39, 0.29) is 34.2 Å². The maximum Gasteiger partial charge on any atom is 0.244 e. The van der Waals surface area contributed by atoms with Crippen LogP contribution in [0.2, 0.25) is 20.1 Å². The fourth-order valence-electron chi connectivity index (χ4n) is 3.48. The molecule has 0 saturated carbocycles. The molecule has 2 amide bonds. The number of nitrogens with zero attached hydrogens (tertiary/aromatic N) is 2. The summed E-state index contributed by atoms with van der Waals surface area (Å²) in [5.41, 5.74) is 0.686. The third kappa shape index (κ3) is 7.89. The van der Waals surface area contributed by atoms with Crippen molar-refractivity contribution in [3.8, 4) is 0 Å². The number of halogens is 4. The predicted molar refractivity (Wildman–Crippen MR) is 148 cm³/mol. The van der Waals surface area contributed by atoms with Crippen LogP contribution in [0.25, 0.3) is 0 Å². The Hall–Kier alpha value is -1.71. The van der Waals surface area contributed by atoms with Crippen molar-refractivity contribution in [2.45, 2.75) is 52.2 Å². The number of carbonyl (C=O) groups is 2. The van der Waals surface area contributed by atoms with Crippen molar-refractivity contribution in [2.24, 2.45) is 0 Å². The molecule has 0 aliphatic carbocycles. The quantitative estimate of drug-likeness (QED) is 0.356. The minimum atomic E-state index is -3.94. The lowest BCUT2D eigenvalue weighted by atomic mass is 10.1. The van der Waals surface area contributed by atoms with Gasteiger partial charge in [-0.25, -0.2) is 8.42 Å². The van der Waals surface area contributed by atoms with E-state index in [9.17, 15) is 18.0 Å². The highest BCUT2D eigenvalue weighted by atomic mass is 35.5. The van der Waals surface area contributed by atoms with Crippen LogP contribution in [-0.4, -0.2) is 50.0 Å². The average Bonchev–Trinajstić information content (AvgIpc) is 2.80. The number of carbonyl (C=O) groups excluding carboxylic acids is 2. The Balaban J connectivity index is 2.51. The van der Waals surface area contributed by atoms with Crippen LogP contribution in [0, 0.1) is 0 Å². The summed E-state index contributed by atoms with van der Waals surface area (Å²) in [6, 6.07) is 8.42. The van der Waals surface area contributed by atoms with Crippen LogP contribution < -0.4 is 9.62 Å². The molecule has 7 nitrogen and oxygen atoms in total. The molecule has 2 aromatic carbocycles. The molecule has 2 aromatic rings. The molecule has 36 heavy (non-hydrogen) atoms. The highest BCUT2D eigenvalue weighted by Gasteiger charge is 2.33. The van der Waals surface area contributed by atoms with E-state index in [0.717, 1.165) is 10.6 Å². The third-order valence-electron chi connectivity index (χ3n) is 5.60. The van der Waals surface area contributed by atoms with Crippen LogP contribution in [0.3, 0.4) is 0 Å². The summed E-state index contributed by atoms with van der Waals surface area (Å²) in [6.45, 7) is 4.99. The second-order valence-electron chi connectivity index (χ2n) is 8.35. The van der Waals surface area contributed by atoms with Crippen molar-refractivity contribution in [1.82, 2.24) is 10.2 Å². The van der Waals surface area contributed by atoms with E-state index in [4.69, 9.17) is 46.4 Å². The number of hydrogen-bond donors (Lipinski definition) is 1. The molecule has 2 atom stereocenters. The lowest BCUT2D eigenvalue weighted by Crippen LogP contribution is -2.53. The Morgan fingerprint density at radius 2 is 1.64 bits per heavy atom. The van der Waals surface area contributed by atoms with Gasteiger partial charge in [0.2, 0.25) is 21.8 Å². The van der Waals surface area contributed by atoms with Gasteiger partial charge in [0.25, 0.3) is 0 Å². The van der Waals surface area contributed by atoms with Crippen molar-refractivity contribution >= 4 is 73.9 Å². The van der Waals surface area contributed by atoms with E-state index in [1.165, 1.54) is 23.1 Å². The number of nitrogens with one attached hydrogen (secondary N) is 1. The fraction of sp³-hybridized carbons (Fsp3) is 0.417. The zero-order valence-corrected chi connectivity index (χ0v) is 24.2. The Morgan fingerprint density at radius 1 is 0.972 bits per heavy atom. The summed E-state index contributed by atoms with van der Waals surface area (Å²) in [5.74, 6) is -0.944. The first kappa shape index (κ1) is 30.5. The van der Waals surface area contributed by atoms with E-state index in [1.54, 1.807) is 25.1 Å². The van der Waals surface area contributed by atoms with Crippen LogP contribution >= 0.6 is 46.4 Å². The van der Waals surface area contributed by atoms with Gasteiger partial charge in [-0.1, -0.05) is 72.4 Å². The number of benzene rings is 2. The molecule has 1 N–H and O–H groups in total. The average molecular weight is 597 g/mol. The fourth-order valence-corrected chi connectivity index (χ4v) is 5.10. The molecule has 198 valence electrons. The molecular formula is C24H29Cl4N3O4S. The van der Waals surface area contributed by atoms with Gasteiger partial charge >= 0.3 is 0 Å². The van der Waals surface area contributed by atoms with E-state index in [1.807, 2.05) is 13.8 Å². The van der Waals surface area contributed by atoms with Crippen LogP contribution in [0.5, 0.6) is 0 Å². The van der Waals surface area contributed by atoms with Gasteiger partial charge in [-0.3, -0.25) is 13.9 Å². The molecule has 0 spiro atoms. The van der Waals surface area contributed by atoms with Gasteiger partial charge in [0, 0.05) is 12.6 Å². The van der Waals surface area contributed by atoms with Crippen molar-refractivity contribution in [3.63, 3.8) is 0 Å². The molecule has 12 heteroatoms. The maximum atomic E-state index is 13.7. The van der Waals surface area contributed by atoms with Crippen LogP contribution in [0.4, 0.5) is 5.69 Å². The second-order valence-corrected chi connectivity index (χ2v) is 11.9. The van der Waals surface area contributed by atoms with Crippen LogP contribution in [0.1, 0.15) is 39.2 Å². The zero-order valence-electron chi connectivity index (χ0n) is 20.4. The van der Waals surface area contributed by atoms with E-state index in [0.29, 0.717) is 28.5 Å². The van der Waals surface area contributed by atoms with Crippen LogP contribution in [-0.2, 0) is 26.2 Å². The Labute approximate surface area is 232 Å². The Bertz CT molecular complexity index is 1210. The number of anilines is 1. The van der Waals surface area contributed by atoms with Crippen molar-refractivity contribution in [2.75, 3.05) is 17.1 Å². The van der Waals surface area contributed by atoms with Crippen molar-refractivity contribution in [1.29, 1.82) is 0 Å². The van der Waals surface area contributed by atoms with Crippen molar-refractivity contribution in [3.05, 3.63) is 62.1 Å². The summed E-state index contributed by atoms with van der Waals surface area (Å²) in [4.78, 5) is 28.2. The zero-order chi connectivity index (χ0) is 27.2. The molecule has 0 radical (unpaired) electrons. The largest absolute Gasteiger partial charge is 0.352 e. The molecular weight excluding hydrogens is 568 g/mol. The van der Waals surface area contributed by atoms with Gasteiger partial charge in [-0.05, 0) is 49.6 Å². The predicted octanol–water partition coefficient (Wildman–Crippen LogP) is 5.79. The van der Waals surface area contributed by atoms with Gasteiger partial charge < -0.3 is 10.2 Å². The number of rotatable bonds is 11. The minimum absolute atomic E-state index is 0.00301. The van der Waals surface area contributed by atoms with Crippen LogP contribution in [0.15, 0.2) is 36.4 Å². The van der Waals surface area contributed by atoms with Gasteiger partial charge in [-0.15, -0.1) is 0 Å². The van der Waals surface area contributed by atoms with E-state index < -0.39 is 28.5 Å². The summed E-state index contributed by atoms with van der Waals surface area (Å²) in [6.07, 6.45) is 1.97. The molecule has 0 aromatic heterocycles. The van der Waals surface area contributed by atoms with E-state index in [2.05, 4.69) is 5.32 Å². The molecule has 0 bridgehead atoms.